The third kappa shape index (κ3) is 2.93. The molecule has 1 aliphatic rings. The monoisotopic (exact) mass is 311 g/mol. The lowest BCUT2D eigenvalue weighted by Gasteiger charge is -2.26. The van der Waals surface area contributed by atoms with Gasteiger partial charge in [0.05, 0.1) is 23.2 Å². The zero-order valence-corrected chi connectivity index (χ0v) is 12.1. The number of hydrogen-bond donors (Lipinski definition) is 1. The van der Waals surface area contributed by atoms with Crippen molar-refractivity contribution in [2.75, 3.05) is 13.2 Å². The summed E-state index contributed by atoms with van der Waals surface area (Å²) in [5.74, 6) is 1.20. The molecule has 0 atom stereocenters. The Labute approximate surface area is 116 Å². The first kappa shape index (κ1) is 13.6. The van der Waals surface area contributed by atoms with Gasteiger partial charge >= 0.3 is 0 Å². The van der Waals surface area contributed by atoms with E-state index in [0.717, 1.165) is 10.0 Å². The Hall–Kier alpha value is -0.870. The highest BCUT2D eigenvalue weighted by Crippen LogP contribution is 2.33. The average Bonchev–Trinajstić information content (AvgIpc) is 2.28. The molecule has 1 aliphatic carbocycles. The van der Waals surface area contributed by atoms with Gasteiger partial charge in [-0.05, 0) is 59.3 Å². The van der Waals surface area contributed by atoms with Crippen LogP contribution in [-0.4, -0.2) is 18.9 Å². The Balaban J connectivity index is 2.21. The van der Waals surface area contributed by atoms with Crippen LogP contribution in [0.3, 0.4) is 0 Å². The van der Waals surface area contributed by atoms with Crippen molar-refractivity contribution in [3.63, 3.8) is 0 Å². The molecule has 1 aromatic carbocycles. The normalized spacial score (nSPS) is 15.3. The summed E-state index contributed by atoms with van der Waals surface area (Å²) in [6, 6.07) is 3.81. The summed E-state index contributed by atoms with van der Waals surface area (Å²) in [5.41, 5.74) is 7.06. The second kappa shape index (κ2) is 5.85. The number of hydrogen-bond acceptors (Lipinski definition) is 3. The van der Waals surface area contributed by atoms with Gasteiger partial charge in [-0.15, -0.1) is 0 Å². The summed E-state index contributed by atoms with van der Waals surface area (Å²) in [4.78, 5) is 11.8. The molecule has 98 valence electrons. The van der Waals surface area contributed by atoms with Crippen molar-refractivity contribution < 1.29 is 9.53 Å². The van der Waals surface area contributed by atoms with Crippen LogP contribution in [-0.2, 0) is 0 Å². The van der Waals surface area contributed by atoms with E-state index >= 15 is 0 Å². The number of aryl methyl sites for hydroxylation is 1. The molecular formula is C14H18BrNO2. The van der Waals surface area contributed by atoms with Crippen molar-refractivity contribution in [1.82, 2.24) is 0 Å². The minimum Gasteiger partial charge on any atom is -0.491 e. The molecule has 0 amide bonds. The van der Waals surface area contributed by atoms with Crippen LogP contribution in [0.1, 0.15) is 35.2 Å². The summed E-state index contributed by atoms with van der Waals surface area (Å²) in [7, 11) is 0. The quantitative estimate of drug-likeness (QED) is 0.850. The van der Waals surface area contributed by atoms with Gasteiger partial charge in [0.15, 0.2) is 5.78 Å². The largest absolute Gasteiger partial charge is 0.491 e. The van der Waals surface area contributed by atoms with Crippen molar-refractivity contribution in [3.8, 4) is 5.75 Å². The smallest absolute Gasteiger partial charge is 0.180 e. The fourth-order valence-electron chi connectivity index (χ4n) is 2.05. The summed E-state index contributed by atoms with van der Waals surface area (Å²) >= 11 is 3.47. The predicted octanol–water partition coefficient (Wildman–Crippen LogP) is 3.08. The number of Topliss-reactive ketones (excluding diaryl/α,β-unsaturated/α-hetero) is 1. The minimum absolute atomic E-state index is 0.00961. The fraction of sp³-hybridized carbons (Fsp3) is 0.500. The number of halogens is 1. The number of benzene rings is 1. The molecule has 1 aromatic rings. The molecule has 18 heavy (non-hydrogen) atoms. The van der Waals surface area contributed by atoms with Crippen molar-refractivity contribution >= 4 is 21.7 Å². The molecule has 4 heteroatoms. The molecule has 2 N–H and O–H groups in total. The van der Waals surface area contributed by atoms with Gasteiger partial charge in [0.1, 0.15) is 5.75 Å². The predicted molar refractivity (Wildman–Crippen MR) is 75.1 cm³/mol. The van der Waals surface area contributed by atoms with E-state index in [1.165, 1.54) is 19.3 Å². The first-order valence-electron chi connectivity index (χ1n) is 6.28. The van der Waals surface area contributed by atoms with Gasteiger partial charge in [0.2, 0.25) is 0 Å². The third-order valence-electron chi connectivity index (χ3n) is 3.36. The lowest BCUT2D eigenvalue weighted by atomic mass is 9.86. The fourth-order valence-corrected chi connectivity index (χ4v) is 2.74. The van der Waals surface area contributed by atoms with Crippen LogP contribution in [0.5, 0.6) is 5.75 Å². The molecule has 0 aromatic heterocycles. The van der Waals surface area contributed by atoms with Gasteiger partial charge in [-0.2, -0.15) is 0 Å². The number of carbonyl (C=O) groups excluding carboxylic acids is 1. The highest BCUT2D eigenvalue weighted by molar-refractivity contribution is 9.10. The zero-order valence-electron chi connectivity index (χ0n) is 10.5. The molecule has 0 spiro atoms. The molecule has 0 heterocycles. The molecule has 0 aliphatic heterocycles. The first-order valence-corrected chi connectivity index (χ1v) is 7.07. The van der Waals surface area contributed by atoms with Gasteiger partial charge in [-0.3, -0.25) is 4.79 Å². The Morgan fingerprint density at radius 3 is 2.78 bits per heavy atom. The van der Waals surface area contributed by atoms with Crippen LogP contribution < -0.4 is 10.5 Å². The SMILES string of the molecule is Cc1cc(Br)c(OCC2CCC2)c(C(=O)CN)c1. The van der Waals surface area contributed by atoms with Gasteiger partial charge < -0.3 is 10.5 Å². The van der Waals surface area contributed by atoms with Gasteiger partial charge in [-0.1, -0.05) is 6.42 Å². The third-order valence-corrected chi connectivity index (χ3v) is 3.95. The van der Waals surface area contributed by atoms with Crippen LogP contribution in [0.2, 0.25) is 0 Å². The first-order chi connectivity index (χ1) is 8.61. The number of nitrogens with two attached hydrogens (primary N) is 1. The number of carbonyl (C=O) groups is 1. The van der Waals surface area contributed by atoms with Gasteiger partial charge in [0.25, 0.3) is 0 Å². The van der Waals surface area contributed by atoms with E-state index < -0.39 is 0 Å². The zero-order chi connectivity index (χ0) is 13.1. The van der Waals surface area contributed by atoms with Gasteiger partial charge in [-0.25, -0.2) is 0 Å². The molecular weight excluding hydrogens is 294 g/mol. The van der Waals surface area contributed by atoms with Crippen LogP contribution in [0.25, 0.3) is 0 Å². The Morgan fingerprint density at radius 2 is 2.22 bits per heavy atom. The number of ketones is 1. The van der Waals surface area contributed by atoms with Crippen LogP contribution in [0.15, 0.2) is 16.6 Å². The molecule has 3 nitrogen and oxygen atoms in total. The standard InChI is InChI=1S/C14H18BrNO2/c1-9-5-11(13(17)7-16)14(12(15)6-9)18-8-10-3-2-4-10/h5-6,10H,2-4,7-8,16H2,1H3. The highest BCUT2D eigenvalue weighted by Gasteiger charge is 2.21. The molecule has 0 unspecified atom stereocenters. The van der Waals surface area contributed by atoms with E-state index in [9.17, 15) is 4.79 Å². The lowest BCUT2D eigenvalue weighted by molar-refractivity contribution is 0.0994. The van der Waals surface area contributed by atoms with E-state index in [0.29, 0.717) is 23.8 Å². The van der Waals surface area contributed by atoms with Crippen LogP contribution in [0, 0.1) is 12.8 Å². The Bertz CT molecular complexity index is 455. The maximum Gasteiger partial charge on any atom is 0.180 e. The maximum atomic E-state index is 11.8. The number of rotatable bonds is 5. The summed E-state index contributed by atoms with van der Waals surface area (Å²) in [6.45, 7) is 2.65. The Morgan fingerprint density at radius 1 is 1.50 bits per heavy atom. The second-order valence-corrected chi connectivity index (χ2v) is 5.71. The second-order valence-electron chi connectivity index (χ2n) is 4.86. The van der Waals surface area contributed by atoms with Crippen molar-refractivity contribution in [2.24, 2.45) is 11.7 Å². The van der Waals surface area contributed by atoms with Crippen LogP contribution in [0.4, 0.5) is 0 Å². The maximum absolute atomic E-state index is 11.8. The molecule has 1 fully saturated rings. The van der Waals surface area contributed by atoms with Crippen molar-refractivity contribution in [2.45, 2.75) is 26.2 Å². The van der Waals surface area contributed by atoms with Gasteiger partial charge in [0, 0.05) is 0 Å². The van der Waals surface area contributed by atoms with E-state index in [1.807, 2.05) is 19.1 Å². The molecule has 1 saturated carbocycles. The van der Waals surface area contributed by atoms with E-state index in [1.54, 1.807) is 0 Å². The topological polar surface area (TPSA) is 52.3 Å². The Kier molecular flexibility index (Phi) is 4.40. The van der Waals surface area contributed by atoms with Crippen molar-refractivity contribution in [3.05, 3.63) is 27.7 Å². The van der Waals surface area contributed by atoms with E-state index in [2.05, 4.69) is 15.9 Å². The summed E-state index contributed by atoms with van der Waals surface area (Å²) < 4.78 is 6.66. The molecule has 0 radical (unpaired) electrons. The lowest BCUT2D eigenvalue weighted by Crippen LogP contribution is -2.21. The van der Waals surface area contributed by atoms with E-state index in [4.69, 9.17) is 10.5 Å². The molecule has 0 bridgehead atoms. The number of ether oxygens (including phenoxy) is 1. The van der Waals surface area contributed by atoms with E-state index in [-0.39, 0.29) is 12.3 Å². The highest BCUT2D eigenvalue weighted by atomic mass is 79.9. The molecule has 2 rings (SSSR count). The van der Waals surface area contributed by atoms with Crippen molar-refractivity contribution in [1.29, 1.82) is 0 Å². The summed E-state index contributed by atoms with van der Waals surface area (Å²) in [6.07, 6.45) is 3.74. The minimum atomic E-state index is -0.0805. The molecule has 0 saturated heterocycles. The average molecular weight is 312 g/mol. The summed E-state index contributed by atoms with van der Waals surface area (Å²) in [5, 5.41) is 0. The van der Waals surface area contributed by atoms with Crippen LogP contribution >= 0.6 is 15.9 Å².